The molecule has 0 saturated heterocycles. The minimum absolute atomic E-state index is 0.0666. The molecule has 5 heteroatoms. The van der Waals surface area contributed by atoms with Crippen molar-refractivity contribution in [3.05, 3.63) is 22.2 Å². The molecule has 1 aromatic rings. The molecule has 0 bridgehead atoms. The lowest BCUT2D eigenvalue weighted by molar-refractivity contribution is -0.286. The van der Waals surface area contributed by atoms with E-state index in [0.29, 0.717) is 10.0 Å². The van der Waals surface area contributed by atoms with Gasteiger partial charge in [-0.15, -0.1) is 8.78 Å². The Bertz CT molecular complexity index is 365. The van der Waals surface area contributed by atoms with Gasteiger partial charge in [0.25, 0.3) is 0 Å². The van der Waals surface area contributed by atoms with E-state index < -0.39 is 6.29 Å². The molecule has 1 aromatic carbocycles. The van der Waals surface area contributed by atoms with Crippen LogP contribution in [0.15, 0.2) is 16.6 Å². The minimum atomic E-state index is -3.53. The van der Waals surface area contributed by atoms with Gasteiger partial charge in [0, 0.05) is 4.47 Å². The van der Waals surface area contributed by atoms with E-state index >= 15 is 0 Å². The van der Waals surface area contributed by atoms with Gasteiger partial charge in [-0.05, 0) is 24.6 Å². The van der Waals surface area contributed by atoms with Gasteiger partial charge in [0.2, 0.25) is 0 Å². The van der Waals surface area contributed by atoms with Crippen LogP contribution in [-0.4, -0.2) is 6.29 Å². The highest BCUT2D eigenvalue weighted by atomic mass is 79.9. The fourth-order valence-electron chi connectivity index (χ4n) is 1.17. The molecule has 0 aromatic heterocycles. The number of ether oxygens (including phenoxy) is 2. The second-order valence-electron chi connectivity index (χ2n) is 2.72. The monoisotopic (exact) mass is 250 g/mol. The van der Waals surface area contributed by atoms with Gasteiger partial charge in [-0.25, -0.2) is 0 Å². The van der Waals surface area contributed by atoms with Crippen molar-refractivity contribution in [2.75, 3.05) is 0 Å². The number of halogens is 3. The lowest BCUT2D eigenvalue weighted by atomic mass is 10.2. The van der Waals surface area contributed by atoms with Gasteiger partial charge in [-0.3, -0.25) is 0 Å². The smallest absolute Gasteiger partial charge is 0.395 e. The maximum absolute atomic E-state index is 12.6. The summed E-state index contributed by atoms with van der Waals surface area (Å²) in [5.41, 5.74) is 0.613. The molecule has 0 radical (unpaired) electrons. The maximum Gasteiger partial charge on any atom is 0.586 e. The molecule has 1 aliphatic heterocycles. The predicted molar refractivity (Wildman–Crippen MR) is 45.1 cm³/mol. The number of aryl methyl sites for hydroxylation is 1. The molecule has 2 nitrogen and oxygen atoms in total. The van der Waals surface area contributed by atoms with E-state index in [9.17, 15) is 8.78 Å². The first kappa shape index (κ1) is 8.74. The van der Waals surface area contributed by atoms with Crippen LogP contribution >= 0.6 is 15.9 Å². The van der Waals surface area contributed by atoms with Crippen molar-refractivity contribution in [3.8, 4) is 11.5 Å². The molecule has 70 valence electrons. The average Bonchev–Trinajstić information content (AvgIpc) is 2.23. The van der Waals surface area contributed by atoms with Crippen LogP contribution in [0, 0.1) is 6.92 Å². The van der Waals surface area contributed by atoms with Crippen LogP contribution < -0.4 is 9.47 Å². The van der Waals surface area contributed by atoms with Crippen molar-refractivity contribution in [1.29, 1.82) is 0 Å². The Morgan fingerprint density at radius 3 is 2.69 bits per heavy atom. The Morgan fingerprint density at radius 1 is 1.31 bits per heavy atom. The quantitative estimate of drug-likeness (QED) is 0.705. The summed E-state index contributed by atoms with van der Waals surface area (Å²) in [6.07, 6.45) is -3.53. The fraction of sp³-hybridized carbons (Fsp3) is 0.250. The topological polar surface area (TPSA) is 18.5 Å². The maximum atomic E-state index is 12.6. The third-order valence-corrected chi connectivity index (χ3v) is 2.11. The third-order valence-electron chi connectivity index (χ3n) is 1.65. The van der Waals surface area contributed by atoms with Crippen molar-refractivity contribution < 1.29 is 18.3 Å². The molecule has 13 heavy (non-hydrogen) atoms. The largest absolute Gasteiger partial charge is 0.586 e. The van der Waals surface area contributed by atoms with E-state index in [1.54, 1.807) is 13.0 Å². The van der Waals surface area contributed by atoms with Gasteiger partial charge in [-0.2, -0.15) is 0 Å². The van der Waals surface area contributed by atoms with Crippen LogP contribution in [0.2, 0.25) is 0 Å². The van der Waals surface area contributed by atoms with Gasteiger partial charge >= 0.3 is 6.29 Å². The number of alkyl halides is 2. The molecule has 0 amide bonds. The Balaban J connectivity index is 2.52. The van der Waals surface area contributed by atoms with Gasteiger partial charge in [0.15, 0.2) is 11.5 Å². The van der Waals surface area contributed by atoms with Gasteiger partial charge < -0.3 is 9.47 Å². The summed E-state index contributed by atoms with van der Waals surface area (Å²) >= 11 is 3.17. The molecular weight excluding hydrogens is 246 g/mol. The van der Waals surface area contributed by atoms with Crippen LogP contribution in [0.25, 0.3) is 0 Å². The highest BCUT2D eigenvalue weighted by molar-refractivity contribution is 9.10. The third kappa shape index (κ3) is 1.48. The molecular formula is C8H5BrF2O2. The summed E-state index contributed by atoms with van der Waals surface area (Å²) in [7, 11) is 0. The summed E-state index contributed by atoms with van der Waals surface area (Å²) in [5.74, 6) is 0.171. The van der Waals surface area contributed by atoms with E-state index in [2.05, 4.69) is 25.4 Å². The SMILES string of the molecule is Cc1cc(Br)cc2c1OC(F)(F)O2. The lowest BCUT2D eigenvalue weighted by Crippen LogP contribution is -2.26. The van der Waals surface area contributed by atoms with E-state index in [0.717, 1.165) is 0 Å². The zero-order valence-corrected chi connectivity index (χ0v) is 8.19. The first-order valence-corrected chi connectivity index (χ1v) is 4.33. The number of fused-ring (bicyclic) bond motifs is 1. The fourth-order valence-corrected chi connectivity index (χ4v) is 1.72. The number of benzene rings is 1. The van der Waals surface area contributed by atoms with E-state index in [1.807, 2.05) is 0 Å². The van der Waals surface area contributed by atoms with Crippen molar-refractivity contribution in [2.45, 2.75) is 13.2 Å². The van der Waals surface area contributed by atoms with Crippen molar-refractivity contribution in [3.63, 3.8) is 0 Å². The first-order valence-electron chi connectivity index (χ1n) is 3.54. The molecule has 0 fully saturated rings. The Labute approximate surface area is 81.6 Å². The second kappa shape index (κ2) is 2.57. The normalized spacial score (nSPS) is 17.5. The molecule has 0 atom stereocenters. The Morgan fingerprint density at radius 2 is 2.00 bits per heavy atom. The summed E-state index contributed by atoms with van der Waals surface area (Å²) in [6.45, 7) is 1.67. The van der Waals surface area contributed by atoms with Crippen LogP contribution in [0.5, 0.6) is 11.5 Å². The van der Waals surface area contributed by atoms with Crippen molar-refractivity contribution >= 4 is 15.9 Å². The van der Waals surface area contributed by atoms with E-state index in [4.69, 9.17) is 0 Å². The highest BCUT2D eigenvalue weighted by Gasteiger charge is 2.44. The highest BCUT2D eigenvalue weighted by Crippen LogP contribution is 2.44. The van der Waals surface area contributed by atoms with Gasteiger partial charge in [-0.1, -0.05) is 15.9 Å². The molecule has 0 aliphatic carbocycles. The van der Waals surface area contributed by atoms with Gasteiger partial charge in [0.1, 0.15) is 0 Å². The van der Waals surface area contributed by atoms with Crippen molar-refractivity contribution in [1.82, 2.24) is 0 Å². The van der Waals surface area contributed by atoms with Crippen LogP contribution in [0.4, 0.5) is 8.78 Å². The standard InChI is InChI=1S/C8H5BrF2O2/c1-4-2-5(9)3-6-7(4)13-8(10,11)12-6/h2-3H,1H3. The summed E-state index contributed by atoms with van der Waals surface area (Å²) in [6, 6.07) is 3.13. The van der Waals surface area contributed by atoms with E-state index in [1.165, 1.54) is 6.07 Å². The number of hydrogen-bond acceptors (Lipinski definition) is 2. The molecule has 0 saturated carbocycles. The summed E-state index contributed by atoms with van der Waals surface area (Å²) in [4.78, 5) is 0. The van der Waals surface area contributed by atoms with Gasteiger partial charge in [0.05, 0.1) is 0 Å². The molecule has 0 spiro atoms. The predicted octanol–water partition coefficient (Wildman–Crippen LogP) is 3.08. The number of hydrogen-bond donors (Lipinski definition) is 0. The molecule has 0 unspecified atom stereocenters. The number of rotatable bonds is 0. The Kier molecular flexibility index (Phi) is 1.73. The molecule has 1 aliphatic rings. The van der Waals surface area contributed by atoms with Crippen molar-refractivity contribution in [2.24, 2.45) is 0 Å². The Hall–Kier alpha value is -0.840. The average molecular weight is 251 g/mol. The van der Waals surface area contributed by atoms with Crippen LogP contribution in [0.3, 0.4) is 0 Å². The first-order chi connectivity index (χ1) is 5.98. The van der Waals surface area contributed by atoms with Crippen LogP contribution in [-0.2, 0) is 0 Å². The molecule has 0 N–H and O–H groups in total. The minimum Gasteiger partial charge on any atom is -0.395 e. The molecule has 1 heterocycles. The van der Waals surface area contributed by atoms with Crippen LogP contribution in [0.1, 0.15) is 5.56 Å². The summed E-state index contributed by atoms with van der Waals surface area (Å²) in [5, 5.41) is 0. The molecule has 2 rings (SSSR count). The summed E-state index contributed by atoms with van der Waals surface area (Å²) < 4.78 is 34.4. The lowest BCUT2D eigenvalue weighted by Gasteiger charge is -2.04. The zero-order valence-electron chi connectivity index (χ0n) is 6.61. The zero-order chi connectivity index (χ0) is 9.64. The van der Waals surface area contributed by atoms with E-state index in [-0.39, 0.29) is 11.5 Å². The second-order valence-corrected chi connectivity index (χ2v) is 3.63.